The summed E-state index contributed by atoms with van der Waals surface area (Å²) in [5, 5.41) is 3.06. The third kappa shape index (κ3) is 4.22. The van der Waals surface area contributed by atoms with Crippen LogP contribution < -0.4 is 11.1 Å². The molecule has 0 spiro atoms. The first-order chi connectivity index (χ1) is 12.4. The van der Waals surface area contributed by atoms with E-state index in [9.17, 15) is 13.6 Å². The molecular formula is C19H19F2N3OS. The molecule has 0 saturated heterocycles. The number of carbonyl (C=O) groups is 1. The van der Waals surface area contributed by atoms with Gasteiger partial charge in [-0.2, -0.15) is 0 Å². The van der Waals surface area contributed by atoms with E-state index in [0.29, 0.717) is 10.7 Å². The number of nitrogens with two attached hydrogens (primary N) is 1. The van der Waals surface area contributed by atoms with Crippen molar-refractivity contribution >= 4 is 28.5 Å². The molecule has 1 atom stereocenters. The van der Waals surface area contributed by atoms with Gasteiger partial charge in [0.15, 0.2) is 5.17 Å². The largest absolute Gasteiger partial charge is 0.379 e. The number of nitrogens with one attached hydrogen (secondary N) is 1. The van der Waals surface area contributed by atoms with Crippen LogP contribution >= 0.6 is 11.8 Å². The number of carbonyl (C=O) groups excluding carboxylic acids is 1. The first kappa shape index (κ1) is 18.4. The highest BCUT2D eigenvalue weighted by Crippen LogP contribution is 2.36. The molecule has 0 fully saturated rings. The molecule has 26 heavy (non-hydrogen) atoms. The number of thioether (sulfide) groups is 1. The molecule has 0 aromatic heterocycles. The molecule has 0 radical (unpaired) electrons. The van der Waals surface area contributed by atoms with Crippen LogP contribution in [0.2, 0.25) is 0 Å². The molecule has 1 aliphatic heterocycles. The number of nitrogens with zero attached hydrogens (tertiary/aromatic N) is 1. The second-order valence-corrected chi connectivity index (χ2v) is 7.49. The minimum absolute atomic E-state index is 0.0412. The van der Waals surface area contributed by atoms with Crippen molar-refractivity contribution in [2.75, 3.05) is 11.1 Å². The van der Waals surface area contributed by atoms with Gasteiger partial charge in [-0.1, -0.05) is 30.0 Å². The van der Waals surface area contributed by atoms with E-state index in [0.717, 1.165) is 17.7 Å². The maximum Gasteiger partial charge on any atom is 0.228 e. The zero-order valence-electron chi connectivity index (χ0n) is 14.3. The van der Waals surface area contributed by atoms with Crippen LogP contribution in [-0.2, 0) is 16.8 Å². The Bertz CT molecular complexity index is 872. The maximum atomic E-state index is 14.2. The fourth-order valence-corrected chi connectivity index (χ4v) is 3.85. The summed E-state index contributed by atoms with van der Waals surface area (Å²) in [5.41, 5.74) is 6.66. The van der Waals surface area contributed by atoms with Gasteiger partial charge in [0, 0.05) is 5.75 Å². The third-order valence-corrected chi connectivity index (χ3v) is 5.11. The lowest BCUT2D eigenvalue weighted by atomic mass is 9.89. The SMILES string of the molecule is CC1(c2ccc(F)c(NC(=O)Cc3cccc(F)c3)c2)CCSC(N)=N1. The summed E-state index contributed by atoms with van der Waals surface area (Å²) < 4.78 is 27.4. The Morgan fingerprint density at radius 2 is 2.12 bits per heavy atom. The van der Waals surface area contributed by atoms with Gasteiger partial charge in [-0.05, 0) is 48.7 Å². The smallest absolute Gasteiger partial charge is 0.228 e. The predicted octanol–water partition coefficient (Wildman–Crippen LogP) is 3.81. The van der Waals surface area contributed by atoms with E-state index >= 15 is 0 Å². The van der Waals surface area contributed by atoms with Crippen LogP contribution in [0.5, 0.6) is 0 Å². The van der Waals surface area contributed by atoms with E-state index in [-0.39, 0.29) is 12.1 Å². The molecule has 3 rings (SSSR count). The van der Waals surface area contributed by atoms with Crippen molar-refractivity contribution in [2.45, 2.75) is 25.3 Å². The molecular weight excluding hydrogens is 356 g/mol. The van der Waals surface area contributed by atoms with Crippen LogP contribution in [0.15, 0.2) is 47.5 Å². The topological polar surface area (TPSA) is 67.5 Å². The van der Waals surface area contributed by atoms with E-state index in [1.165, 1.54) is 36.0 Å². The summed E-state index contributed by atoms with van der Waals surface area (Å²) in [6.45, 7) is 1.94. The zero-order valence-corrected chi connectivity index (χ0v) is 15.1. The molecule has 2 aromatic carbocycles. The van der Waals surface area contributed by atoms with Gasteiger partial charge in [0.05, 0.1) is 17.6 Å². The Balaban J connectivity index is 1.80. The lowest BCUT2D eigenvalue weighted by molar-refractivity contribution is -0.115. The van der Waals surface area contributed by atoms with E-state index < -0.39 is 23.1 Å². The fourth-order valence-electron chi connectivity index (χ4n) is 2.88. The Labute approximate surface area is 154 Å². The normalized spacial score (nSPS) is 19.7. The second kappa shape index (κ2) is 7.45. The van der Waals surface area contributed by atoms with E-state index in [1.807, 2.05) is 6.92 Å². The first-order valence-corrected chi connectivity index (χ1v) is 9.17. The Hall–Kier alpha value is -2.41. The van der Waals surface area contributed by atoms with Gasteiger partial charge in [0.1, 0.15) is 11.6 Å². The lowest BCUT2D eigenvalue weighted by Gasteiger charge is -2.30. The van der Waals surface area contributed by atoms with Gasteiger partial charge in [-0.3, -0.25) is 9.79 Å². The van der Waals surface area contributed by atoms with E-state index in [2.05, 4.69) is 10.3 Å². The van der Waals surface area contributed by atoms with Crippen molar-refractivity contribution in [1.82, 2.24) is 0 Å². The number of anilines is 1. The van der Waals surface area contributed by atoms with Crippen LogP contribution in [-0.4, -0.2) is 16.8 Å². The number of halogens is 2. The number of hydrogen-bond donors (Lipinski definition) is 2. The predicted molar refractivity (Wildman–Crippen MR) is 101 cm³/mol. The molecule has 136 valence electrons. The fraction of sp³-hybridized carbons (Fsp3) is 0.263. The van der Waals surface area contributed by atoms with Crippen LogP contribution in [0.25, 0.3) is 0 Å². The number of amides is 1. The van der Waals surface area contributed by atoms with Crippen LogP contribution in [0, 0.1) is 11.6 Å². The maximum absolute atomic E-state index is 14.2. The molecule has 0 bridgehead atoms. The van der Waals surface area contributed by atoms with Gasteiger partial charge in [0.2, 0.25) is 5.91 Å². The number of benzene rings is 2. The van der Waals surface area contributed by atoms with Crippen molar-refractivity contribution in [3.63, 3.8) is 0 Å². The molecule has 1 unspecified atom stereocenters. The van der Waals surface area contributed by atoms with Crippen molar-refractivity contribution in [3.05, 3.63) is 65.2 Å². The Morgan fingerprint density at radius 1 is 1.31 bits per heavy atom. The van der Waals surface area contributed by atoms with Crippen molar-refractivity contribution in [3.8, 4) is 0 Å². The second-order valence-electron chi connectivity index (χ2n) is 6.37. The van der Waals surface area contributed by atoms with Crippen molar-refractivity contribution in [2.24, 2.45) is 10.7 Å². The number of amidine groups is 1. The molecule has 3 N–H and O–H groups in total. The highest BCUT2D eigenvalue weighted by atomic mass is 32.2. The highest BCUT2D eigenvalue weighted by Gasteiger charge is 2.30. The van der Waals surface area contributed by atoms with Gasteiger partial charge in [-0.25, -0.2) is 8.78 Å². The third-order valence-electron chi connectivity index (χ3n) is 4.31. The molecule has 1 aliphatic rings. The summed E-state index contributed by atoms with van der Waals surface area (Å²) in [6.07, 6.45) is 0.723. The standard InChI is InChI=1S/C19H19F2N3OS/c1-19(7-8-26-18(22)24-19)13-5-6-15(21)16(11-13)23-17(25)10-12-3-2-4-14(20)9-12/h2-6,9,11H,7-8,10H2,1H3,(H2,22,24)(H,23,25). The van der Waals surface area contributed by atoms with Crippen LogP contribution in [0.4, 0.5) is 14.5 Å². The van der Waals surface area contributed by atoms with Gasteiger partial charge in [0.25, 0.3) is 0 Å². The number of hydrogen-bond acceptors (Lipinski definition) is 4. The monoisotopic (exact) mass is 375 g/mol. The summed E-state index contributed by atoms with van der Waals surface area (Å²) in [5.74, 6) is -0.544. The molecule has 2 aromatic rings. The molecule has 0 saturated carbocycles. The average Bonchev–Trinajstić information content (AvgIpc) is 2.56. The zero-order chi connectivity index (χ0) is 18.7. The summed E-state index contributed by atoms with van der Waals surface area (Å²) in [7, 11) is 0. The van der Waals surface area contributed by atoms with E-state index in [4.69, 9.17) is 5.73 Å². The molecule has 4 nitrogen and oxygen atoms in total. The van der Waals surface area contributed by atoms with Gasteiger partial charge < -0.3 is 11.1 Å². The minimum Gasteiger partial charge on any atom is -0.379 e. The van der Waals surface area contributed by atoms with Crippen LogP contribution in [0.1, 0.15) is 24.5 Å². The van der Waals surface area contributed by atoms with Gasteiger partial charge >= 0.3 is 0 Å². The lowest BCUT2D eigenvalue weighted by Crippen LogP contribution is -2.29. The van der Waals surface area contributed by atoms with Gasteiger partial charge in [-0.15, -0.1) is 0 Å². The van der Waals surface area contributed by atoms with Crippen molar-refractivity contribution < 1.29 is 13.6 Å². The quantitative estimate of drug-likeness (QED) is 0.854. The summed E-state index contributed by atoms with van der Waals surface area (Å²) >= 11 is 1.49. The average molecular weight is 375 g/mol. The Morgan fingerprint density at radius 3 is 2.85 bits per heavy atom. The van der Waals surface area contributed by atoms with E-state index in [1.54, 1.807) is 18.2 Å². The first-order valence-electron chi connectivity index (χ1n) is 8.18. The number of aliphatic imine (C=N–C) groups is 1. The number of rotatable bonds is 4. The summed E-state index contributed by atoms with van der Waals surface area (Å²) in [6, 6.07) is 10.3. The molecule has 1 amide bonds. The molecule has 0 aliphatic carbocycles. The van der Waals surface area contributed by atoms with Crippen molar-refractivity contribution in [1.29, 1.82) is 0 Å². The highest BCUT2D eigenvalue weighted by molar-refractivity contribution is 8.13. The minimum atomic E-state index is -0.551. The Kier molecular flexibility index (Phi) is 5.27. The summed E-state index contributed by atoms with van der Waals surface area (Å²) in [4.78, 5) is 16.7. The molecule has 7 heteroatoms. The van der Waals surface area contributed by atoms with Crippen LogP contribution in [0.3, 0.4) is 0 Å². The molecule has 1 heterocycles.